The average Bonchev–Trinajstić information content (AvgIpc) is 2.81. The molecule has 3 aromatic rings. The summed E-state index contributed by atoms with van der Waals surface area (Å²) in [5.74, 6) is -0.0972. The average molecular weight is 292 g/mol. The summed E-state index contributed by atoms with van der Waals surface area (Å²) in [5, 5.41) is 4.12. The molecule has 1 heterocycles. The number of hydrogen-bond acceptors (Lipinski definition) is 1. The van der Waals surface area contributed by atoms with Crippen molar-refractivity contribution in [1.82, 2.24) is 4.98 Å². The molecule has 22 heavy (non-hydrogen) atoms. The molecule has 0 aliphatic rings. The number of aryl methyl sites for hydroxylation is 3. The lowest BCUT2D eigenvalue weighted by Gasteiger charge is -2.10. The predicted molar refractivity (Wildman–Crippen MR) is 91.6 cm³/mol. The van der Waals surface area contributed by atoms with Crippen LogP contribution in [-0.2, 0) is 0 Å². The summed E-state index contributed by atoms with van der Waals surface area (Å²) in [6.07, 6.45) is 0. The van der Waals surface area contributed by atoms with Crippen LogP contribution >= 0.6 is 0 Å². The van der Waals surface area contributed by atoms with E-state index in [2.05, 4.69) is 23.3 Å². The Bertz CT molecular complexity index is 875. The van der Waals surface area contributed by atoms with Gasteiger partial charge in [0.15, 0.2) is 0 Å². The Hall–Kier alpha value is -2.55. The van der Waals surface area contributed by atoms with E-state index in [9.17, 15) is 4.79 Å². The van der Waals surface area contributed by atoms with E-state index in [0.29, 0.717) is 5.69 Å². The minimum atomic E-state index is -0.0972. The van der Waals surface area contributed by atoms with Gasteiger partial charge in [-0.1, -0.05) is 23.8 Å². The molecule has 112 valence electrons. The van der Waals surface area contributed by atoms with Crippen LogP contribution in [0.15, 0.2) is 36.4 Å². The zero-order valence-electron chi connectivity index (χ0n) is 13.4. The maximum Gasteiger partial charge on any atom is 0.272 e. The number of carbonyl (C=O) groups excluding carboxylic acids is 1. The van der Waals surface area contributed by atoms with Crippen molar-refractivity contribution in [2.45, 2.75) is 27.7 Å². The molecule has 0 aliphatic heterocycles. The Morgan fingerprint density at radius 3 is 2.55 bits per heavy atom. The van der Waals surface area contributed by atoms with Gasteiger partial charge in [-0.15, -0.1) is 0 Å². The number of fused-ring (bicyclic) bond motifs is 1. The summed E-state index contributed by atoms with van der Waals surface area (Å²) in [6.45, 7) is 8.10. The molecule has 1 amide bonds. The quantitative estimate of drug-likeness (QED) is 0.709. The van der Waals surface area contributed by atoms with Gasteiger partial charge in [0.25, 0.3) is 5.91 Å². The van der Waals surface area contributed by atoms with Crippen molar-refractivity contribution in [2.75, 3.05) is 5.32 Å². The van der Waals surface area contributed by atoms with Crippen LogP contribution in [0, 0.1) is 27.7 Å². The largest absolute Gasteiger partial charge is 0.350 e. The lowest BCUT2D eigenvalue weighted by Crippen LogP contribution is -2.14. The highest BCUT2D eigenvalue weighted by molar-refractivity contribution is 6.08. The van der Waals surface area contributed by atoms with Gasteiger partial charge < -0.3 is 10.3 Å². The number of aromatic amines is 1. The second-order valence-corrected chi connectivity index (χ2v) is 5.88. The molecule has 0 saturated carbocycles. The first kappa shape index (κ1) is 14.4. The number of rotatable bonds is 2. The second-order valence-electron chi connectivity index (χ2n) is 5.88. The fourth-order valence-electron chi connectivity index (χ4n) is 2.74. The fraction of sp³-hybridized carbons (Fsp3) is 0.211. The maximum absolute atomic E-state index is 12.6. The number of benzene rings is 2. The Kier molecular flexibility index (Phi) is 3.49. The van der Waals surface area contributed by atoms with Crippen LogP contribution in [0.5, 0.6) is 0 Å². The monoisotopic (exact) mass is 292 g/mol. The molecule has 0 spiro atoms. The molecule has 2 aromatic carbocycles. The van der Waals surface area contributed by atoms with Gasteiger partial charge in [0, 0.05) is 16.6 Å². The zero-order valence-corrected chi connectivity index (χ0v) is 13.4. The van der Waals surface area contributed by atoms with Gasteiger partial charge >= 0.3 is 0 Å². The highest BCUT2D eigenvalue weighted by Crippen LogP contribution is 2.24. The molecule has 0 aliphatic carbocycles. The van der Waals surface area contributed by atoms with Crippen LogP contribution in [0.2, 0.25) is 0 Å². The van der Waals surface area contributed by atoms with E-state index in [0.717, 1.165) is 27.7 Å². The number of aromatic nitrogens is 1. The summed E-state index contributed by atoms with van der Waals surface area (Å²) in [5.41, 5.74) is 6.93. The molecule has 0 fully saturated rings. The SMILES string of the molecule is Cc1ccc2[nH]c(C(=O)Nc3cccc(C)c3C)c(C)c2c1. The maximum atomic E-state index is 12.6. The summed E-state index contributed by atoms with van der Waals surface area (Å²) >= 11 is 0. The Labute approximate surface area is 130 Å². The van der Waals surface area contributed by atoms with Crippen LogP contribution < -0.4 is 5.32 Å². The normalized spacial score (nSPS) is 10.9. The third-order valence-corrected chi connectivity index (χ3v) is 4.29. The molecule has 2 N–H and O–H groups in total. The van der Waals surface area contributed by atoms with Gasteiger partial charge in [0.1, 0.15) is 5.69 Å². The first-order chi connectivity index (χ1) is 10.5. The van der Waals surface area contributed by atoms with Crippen LogP contribution in [-0.4, -0.2) is 10.9 Å². The molecule has 0 saturated heterocycles. The topological polar surface area (TPSA) is 44.9 Å². The molecule has 3 heteroatoms. The van der Waals surface area contributed by atoms with Crippen LogP contribution in [0.3, 0.4) is 0 Å². The number of H-pyrrole nitrogens is 1. The summed E-state index contributed by atoms with van der Waals surface area (Å²) < 4.78 is 0. The van der Waals surface area contributed by atoms with E-state index in [-0.39, 0.29) is 5.91 Å². The van der Waals surface area contributed by atoms with Gasteiger partial charge in [-0.2, -0.15) is 0 Å². The van der Waals surface area contributed by atoms with E-state index in [1.165, 1.54) is 11.1 Å². The zero-order chi connectivity index (χ0) is 15.9. The highest BCUT2D eigenvalue weighted by Gasteiger charge is 2.15. The van der Waals surface area contributed by atoms with Crippen molar-refractivity contribution in [3.63, 3.8) is 0 Å². The number of hydrogen-bond donors (Lipinski definition) is 2. The molecule has 3 nitrogen and oxygen atoms in total. The standard InChI is InChI=1S/C19H20N2O/c1-11-8-9-17-15(10-11)14(4)18(20-17)19(22)21-16-7-5-6-12(2)13(16)3/h5-10,20H,1-4H3,(H,21,22). The van der Waals surface area contributed by atoms with E-state index >= 15 is 0 Å². The van der Waals surface area contributed by atoms with Crippen LogP contribution in [0.4, 0.5) is 5.69 Å². The van der Waals surface area contributed by atoms with Crippen molar-refractivity contribution < 1.29 is 4.79 Å². The Morgan fingerprint density at radius 1 is 1.00 bits per heavy atom. The van der Waals surface area contributed by atoms with Crippen molar-refractivity contribution in [2.24, 2.45) is 0 Å². The highest BCUT2D eigenvalue weighted by atomic mass is 16.1. The first-order valence-electron chi connectivity index (χ1n) is 7.44. The van der Waals surface area contributed by atoms with E-state index < -0.39 is 0 Å². The molecule has 1 aromatic heterocycles. The number of amides is 1. The molecular formula is C19H20N2O. The Morgan fingerprint density at radius 2 is 1.77 bits per heavy atom. The van der Waals surface area contributed by atoms with E-state index in [1.54, 1.807) is 0 Å². The minimum absolute atomic E-state index is 0.0972. The van der Waals surface area contributed by atoms with E-state index in [1.807, 2.05) is 51.1 Å². The minimum Gasteiger partial charge on any atom is -0.350 e. The van der Waals surface area contributed by atoms with Gasteiger partial charge in [0.05, 0.1) is 0 Å². The van der Waals surface area contributed by atoms with Gasteiger partial charge in [-0.05, 0) is 62.6 Å². The third kappa shape index (κ3) is 2.39. The lowest BCUT2D eigenvalue weighted by molar-refractivity contribution is 0.102. The number of carbonyl (C=O) groups is 1. The van der Waals surface area contributed by atoms with Crippen molar-refractivity contribution in [3.8, 4) is 0 Å². The Balaban J connectivity index is 1.99. The van der Waals surface area contributed by atoms with Gasteiger partial charge in [-0.25, -0.2) is 0 Å². The molecular weight excluding hydrogens is 272 g/mol. The van der Waals surface area contributed by atoms with Gasteiger partial charge in [-0.3, -0.25) is 4.79 Å². The number of nitrogens with one attached hydrogen (secondary N) is 2. The van der Waals surface area contributed by atoms with E-state index in [4.69, 9.17) is 0 Å². The predicted octanol–water partition coefficient (Wildman–Crippen LogP) is 4.65. The molecule has 0 bridgehead atoms. The molecule has 3 rings (SSSR count). The third-order valence-electron chi connectivity index (χ3n) is 4.29. The summed E-state index contributed by atoms with van der Waals surface area (Å²) in [6, 6.07) is 12.1. The van der Waals surface area contributed by atoms with Crippen molar-refractivity contribution in [1.29, 1.82) is 0 Å². The molecule has 0 unspecified atom stereocenters. The smallest absolute Gasteiger partial charge is 0.272 e. The first-order valence-corrected chi connectivity index (χ1v) is 7.44. The van der Waals surface area contributed by atoms with Crippen LogP contribution in [0.25, 0.3) is 10.9 Å². The summed E-state index contributed by atoms with van der Waals surface area (Å²) in [4.78, 5) is 15.8. The molecule has 0 radical (unpaired) electrons. The summed E-state index contributed by atoms with van der Waals surface area (Å²) in [7, 11) is 0. The molecule has 0 atom stereocenters. The van der Waals surface area contributed by atoms with Gasteiger partial charge in [0.2, 0.25) is 0 Å². The fourth-order valence-corrected chi connectivity index (χ4v) is 2.74. The number of anilines is 1. The second kappa shape index (κ2) is 5.34. The lowest BCUT2D eigenvalue weighted by atomic mass is 10.1. The van der Waals surface area contributed by atoms with Crippen molar-refractivity contribution in [3.05, 3.63) is 64.3 Å². The van der Waals surface area contributed by atoms with Crippen molar-refractivity contribution >= 4 is 22.5 Å². The van der Waals surface area contributed by atoms with Crippen LogP contribution in [0.1, 0.15) is 32.7 Å².